The predicted octanol–water partition coefficient (Wildman–Crippen LogP) is 2.88. The van der Waals surface area contributed by atoms with E-state index in [2.05, 4.69) is 5.32 Å². The number of carbonyl (C=O) groups excluding carboxylic acids is 1. The van der Waals surface area contributed by atoms with Gasteiger partial charge in [0.2, 0.25) is 0 Å². The molecule has 1 amide bonds. The molecule has 0 saturated carbocycles. The molecule has 0 fully saturated rings. The Labute approximate surface area is 123 Å². The predicted molar refractivity (Wildman–Crippen MR) is 81.0 cm³/mol. The van der Waals surface area contributed by atoms with Crippen molar-refractivity contribution < 1.29 is 9.18 Å². The fourth-order valence-corrected chi connectivity index (χ4v) is 2.68. The molecule has 21 heavy (non-hydrogen) atoms. The van der Waals surface area contributed by atoms with Crippen molar-refractivity contribution in [2.24, 2.45) is 0 Å². The second-order valence-corrected chi connectivity index (χ2v) is 5.22. The SMILES string of the molecule is Cc1cc(F)ccc1C(=O)N1CCNCc2ccccc21. The van der Waals surface area contributed by atoms with Crippen LogP contribution in [0, 0.1) is 12.7 Å². The highest BCUT2D eigenvalue weighted by atomic mass is 19.1. The Balaban J connectivity index is 2.01. The van der Waals surface area contributed by atoms with E-state index in [1.807, 2.05) is 24.3 Å². The lowest BCUT2D eigenvalue weighted by Gasteiger charge is -2.23. The molecule has 2 aromatic carbocycles. The summed E-state index contributed by atoms with van der Waals surface area (Å²) >= 11 is 0. The van der Waals surface area contributed by atoms with Gasteiger partial charge in [0, 0.05) is 30.9 Å². The van der Waals surface area contributed by atoms with Crippen molar-refractivity contribution in [1.29, 1.82) is 0 Å². The number of aryl methyl sites for hydroxylation is 1. The number of hydrogen-bond donors (Lipinski definition) is 1. The van der Waals surface area contributed by atoms with Gasteiger partial charge in [0.1, 0.15) is 5.82 Å². The monoisotopic (exact) mass is 284 g/mol. The first-order valence-electron chi connectivity index (χ1n) is 7.03. The van der Waals surface area contributed by atoms with Gasteiger partial charge >= 0.3 is 0 Å². The van der Waals surface area contributed by atoms with E-state index < -0.39 is 0 Å². The summed E-state index contributed by atoms with van der Waals surface area (Å²) in [6, 6.07) is 12.2. The third-order valence-electron chi connectivity index (χ3n) is 3.77. The molecule has 1 N–H and O–H groups in total. The molecule has 0 atom stereocenters. The Bertz CT molecular complexity index is 684. The highest BCUT2D eigenvalue weighted by Gasteiger charge is 2.23. The number of fused-ring (bicyclic) bond motifs is 1. The largest absolute Gasteiger partial charge is 0.311 e. The van der Waals surface area contributed by atoms with Gasteiger partial charge in [0.15, 0.2) is 0 Å². The van der Waals surface area contributed by atoms with Crippen molar-refractivity contribution in [3.8, 4) is 0 Å². The van der Waals surface area contributed by atoms with E-state index >= 15 is 0 Å². The molecule has 1 aliphatic heterocycles. The Kier molecular flexibility index (Phi) is 3.71. The smallest absolute Gasteiger partial charge is 0.258 e. The summed E-state index contributed by atoms with van der Waals surface area (Å²) in [5, 5.41) is 3.31. The molecule has 0 unspecified atom stereocenters. The van der Waals surface area contributed by atoms with Crippen molar-refractivity contribution >= 4 is 11.6 Å². The van der Waals surface area contributed by atoms with Crippen LogP contribution in [0.3, 0.4) is 0 Å². The number of nitrogens with one attached hydrogen (secondary N) is 1. The van der Waals surface area contributed by atoms with Gasteiger partial charge in [-0.15, -0.1) is 0 Å². The molecule has 1 aliphatic rings. The molecule has 4 heteroatoms. The highest BCUT2D eigenvalue weighted by molar-refractivity contribution is 6.07. The second-order valence-electron chi connectivity index (χ2n) is 5.22. The summed E-state index contributed by atoms with van der Waals surface area (Å²) in [7, 11) is 0. The van der Waals surface area contributed by atoms with E-state index in [0.717, 1.165) is 24.3 Å². The van der Waals surface area contributed by atoms with Crippen LogP contribution in [-0.2, 0) is 6.54 Å². The molecule has 0 bridgehead atoms. The van der Waals surface area contributed by atoms with Crippen LogP contribution in [0.5, 0.6) is 0 Å². The third kappa shape index (κ3) is 2.67. The van der Waals surface area contributed by atoms with Crippen molar-refractivity contribution in [2.45, 2.75) is 13.5 Å². The Morgan fingerprint density at radius 3 is 2.86 bits per heavy atom. The van der Waals surface area contributed by atoms with Crippen LogP contribution in [0.25, 0.3) is 0 Å². The third-order valence-corrected chi connectivity index (χ3v) is 3.77. The number of anilines is 1. The topological polar surface area (TPSA) is 32.3 Å². The van der Waals surface area contributed by atoms with Gasteiger partial charge in [-0.2, -0.15) is 0 Å². The van der Waals surface area contributed by atoms with Crippen LogP contribution in [-0.4, -0.2) is 19.0 Å². The zero-order chi connectivity index (χ0) is 14.8. The summed E-state index contributed by atoms with van der Waals surface area (Å²) in [6.07, 6.45) is 0. The van der Waals surface area contributed by atoms with Gasteiger partial charge in [0.25, 0.3) is 5.91 Å². The van der Waals surface area contributed by atoms with Crippen molar-refractivity contribution in [2.75, 3.05) is 18.0 Å². The van der Waals surface area contributed by atoms with Crippen LogP contribution in [0.4, 0.5) is 10.1 Å². The Morgan fingerprint density at radius 2 is 2.05 bits per heavy atom. The average Bonchev–Trinajstić information content (AvgIpc) is 2.69. The summed E-state index contributed by atoms with van der Waals surface area (Å²) in [5.74, 6) is -0.398. The van der Waals surface area contributed by atoms with E-state index in [1.54, 1.807) is 17.9 Å². The van der Waals surface area contributed by atoms with E-state index in [9.17, 15) is 9.18 Å². The number of hydrogen-bond acceptors (Lipinski definition) is 2. The molecule has 2 aromatic rings. The van der Waals surface area contributed by atoms with E-state index in [4.69, 9.17) is 0 Å². The minimum absolute atomic E-state index is 0.0800. The van der Waals surface area contributed by atoms with E-state index in [0.29, 0.717) is 17.7 Å². The standard InChI is InChI=1S/C17H17FN2O/c1-12-10-14(18)6-7-15(12)17(21)20-9-8-19-11-13-4-2-3-5-16(13)20/h2-7,10,19H,8-9,11H2,1H3. The zero-order valence-electron chi connectivity index (χ0n) is 11.9. The number of para-hydroxylation sites is 1. The normalized spacial score (nSPS) is 14.5. The summed E-state index contributed by atoms with van der Waals surface area (Å²) in [6.45, 7) is 3.86. The molecule has 0 aromatic heterocycles. The molecule has 3 nitrogen and oxygen atoms in total. The fraction of sp³-hybridized carbons (Fsp3) is 0.235. The molecule has 0 aliphatic carbocycles. The maximum absolute atomic E-state index is 13.2. The van der Waals surface area contributed by atoms with Crippen LogP contribution in [0.1, 0.15) is 21.5 Å². The number of nitrogens with zero attached hydrogens (tertiary/aromatic N) is 1. The number of halogens is 1. The number of amides is 1. The number of rotatable bonds is 1. The van der Waals surface area contributed by atoms with E-state index in [-0.39, 0.29) is 11.7 Å². The van der Waals surface area contributed by atoms with Gasteiger partial charge in [-0.05, 0) is 42.3 Å². The van der Waals surface area contributed by atoms with Crippen molar-refractivity contribution in [3.05, 3.63) is 65.0 Å². The van der Waals surface area contributed by atoms with Gasteiger partial charge < -0.3 is 10.2 Å². The lowest BCUT2D eigenvalue weighted by Crippen LogP contribution is -2.35. The van der Waals surface area contributed by atoms with Gasteiger partial charge in [0.05, 0.1) is 0 Å². The quantitative estimate of drug-likeness (QED) is 0.873. The van der Waals surface area contributed by atoms with Crippen LogP contribution in [0.2, 0.25) is 0 Å². The van der Waals surface area contributed by atoms with Crippen molar-refractivity contribution in [1.82, 2.24) is 5.32 Å². The highest BCUT2D eigenvalue weighted by Crippen LogP contribution is 2.24. The van der Waals surface area contributed by atoms with Crippen LogP contribution in [0.15, 0.2) is 42.5 Å². The molecule has 0 saturated heterocycles. The molecule has 0 spiro atoms. The van der Waals surface area contributed by atoms with E-state index in [1.165, 1.54) is 12.1 Å². The first-order valence-corrected chi connectivity index (χ1v) is 7.03. The maximum Gasteiger partial charge on any atom is 0.258 e. The second kappa shape index (κ2) is 5.66. The molecule has 108 valence electrons. The van der Waals surface area contributed by atoms with Crippen LogP contribution < -0.4 is 10.2 Å². The van der Waals surface area contributed by atoms with Gasteiger partial charge in [-0.1, -0.05) is 18.2 Å². The average molecular weight is 284 g/mol. The molecule has 0 radical (unpaired) electrons. The lowest BCUT2D eigenvalue weighted by molar-refractivity contribution is 0.0987. The maximum atomic E-state index is 13.2. The Morgan fingerprint density at radius 1 is 1.24 bits per heavy atom. The number of benzene rings is 2. The minimum atomic E-state index is -0.318. The zero-order valence-corrected chi connectivity index (χ0v) is 11.9. The minimum Gasteiger partial charge on any atom is -0.311 e. The Hall–Kier alpha value is -2.20. The lowest BCUT2D eigenvalue weighted by atomic mass is 10.1. The molecular formula is C17H17FN2O. The first kappa shape index (κ1) is 13.8. The summed E-state index contributed by atoms with van der Waals surface area (Å²) in [5.41, 5.74) is 3.24. The van der Waals surface area contributed by atoms with Crippen LogP contribution >= 0.6 is 0 Å². The summed E-state index contributed by atoms with van der Waals surface area (Å²) in [4.78, 5) is 14.6. The molecule has 3 rings (SSSR count). The fourth-order valence-electron chi connectivity index (χ4n) is 2.68. The molecule has 1 heterocycles. The molecular weight excluding hydrogens is 267 g/mol. The number of carbonyl (C=O) groups is 1. The van der Waals surface area contributed by atoms with Gasteiger partial charge in [-0.3, -0.25) is 4.79 Å². The van der Waals surface area contributed by atoms with Crippen molar-refractivity contribution in [3.63, 3.8) is 0 Å². The summed E-state index contributed by atoms with van der Waals surface area (Å²) < 4.78 is 13.2. The van der Waals surface area contributed by atoms with Gasteiger partial charge in [-0.25, -0.2) is 4.39 Å². The first-order chi connectivity index (χ1) is 10.2.